The smallest absolute Gasteiger partial charge is 0.311 e. The highest BCUT2D eigenvalue weighted by molar-refractivity contribution is 6.34. The van der Waals surface area contributed by atoms with Crippen LogP contribution in [0.2, 0.25) is 0 Å². The molecule has 1 aromatic carbocycles. The maximum Gasteiger partial charge on any atom is 0.311 e. The van der Waals surface area contributed by atoms with Gasteiger partial charge in [0.2, 0.25) is 0 Å². The number of benzene rings is 1. The van der Waals surface area contributed by atoms with E-state index in [0.717, 1.165) is 44.8 Å². The van der Waals surface area contributed by atoms with E-state index in [1.165, 1.54) is 4.90 Å². The number of carbonyl (C=O) groups is 2. The lowest BCUT2D eigenvalue weighted by atomic mass is 10.2. The third-order valence-electron chi connectivity index (χ3n) is 3.84. The Kier molecular flexibility index (Phi) is 7.03. The Hall–Kier alpha value is -1.92. The number of rotatable bonds is 6. The van der Waals surface area contributed by atoms with Crippen molar-refractivity contribution in [3.63, 3.8) is 0 Å². The van der Waals surface area contributed by atoms with Crippen molar-refractivity contribution in [1.29, 1.82) is 0 Å². The molecule has 2 rings (SSSR count). The van der Waals surface area contributed by atoms with Crippen LogP contribution in [-0.4, -0.2) is 68.1 Å². The van der Waals surface area contributed by atoms with Crippen LogP contribution in [0.15, 0.2) is 30.3 Å². The van der Waals surface area contributed by atoms with Crippen molar-refractivity contribution in [3.8, 4) is 0 Å². The summed E-state index contributed by atoms with van der Waals surface area (Å²) >= 11 is 0. The second-order valence-electron chi connectivity index (χ2n) is 5.71. The number of amides is 2. The topological polar surface area (TPSA) is 61.9 Å². The highest BCUT2D eigenvalue weighted by Gasteiger charge is 2.18. The summed E-state index contributed by atoms with van der Waals surface area (Å²) in [6.07, 6.45) is 0.835. The highest BCUT2D eigenvalue weighted by Crippen LogP contribution is 2.03. The number of nitrogens with one attached hydrogen (secondary N) is 1. The molecule has 0 unspecified atom stereocenters. The second-order valence-corrected chi connectivity index (χ2v) is 5.71. The second kappa shape index (κ2) is 9.27. The maximum atomic E-state index is 12.0. The van der Waals surface area contributed by atoms with Gasteiger partial charge in [-0.1, -0.05) is 30.3 Å². The van der Waals surface area contributed by atoms with Gasteiger partial charge in [-0.2, -0.15) is 0 Å². The fourth-order valence-corrected chi connectivity index (χ4v) is 2.51. The maximum absolute atomic E-state index is 12.0. The first kappa shape index (κ1) is 17.4. The SMILES string of the molecule is CN(Cc1ccccc1)C(=O)C(=O)NCCCN1CCOCC1. The first-order valence-electron chi connectivity index (χ1n) is 8.04. The first-order chi connectivity index (χ1) is 11.2. The molecule has 0 spiro atoms. The predicted molar refractivity (Wildman–Crippen MR) is 87.8 cm³/mol. The Labute approximate surface area is 137 Å². The van der Waals surface area contributed by atoms with Gasteiger partial charge in [-0.05, 0) is 18.5 Å². The molecule has 0 aromatic heterocycles. The Balaban J connectivity index is 1.64. The number of ether oxygens (including phenoxy) is 1. The Bertz CT molecular complexity index is 501. The molecular formula is C17H25N3O3. The molecule has 2 amide bonds. The van der Waals surface area contributed by atoms with Crippen molar-refractivity contribution in [1.82, 2.24) is 15.1 Å². The molecule has 1 N–H and O–H groups in total. The van der Waals surface area contributed by atoms with Crippen LogP contribution < -0.4 is 5.32 Å². The van der Waals surface area contributed by atoms with E-state index in [2.05, 4.69) is 10.2 Å². The summed E-state index contributed by atoms with van der Waals surface area (Å²) in [6, 6.07) is 9.62. The molecule has 23 heavy (non-hydrogen) atoms. The zero-order valence-electron chi connectivity index (χ0n) is 13.7. The molecule has 1 heterocycles. The molecule has 126 valence electrons. The summed E-state index contributed by atoms with van der Waals surface area (Å²) in [4.78, 5) is 27.7. The number of likely N-dealkylation sites (N-methyl/N-ethyl adjacent to an activating group) is 1. The third kappa shape index (κ3) is 6.00. The molecule has 1 fully saturated rings. The zero-order valence-corrected chi connectivity index (χ0v) is 13.7. The molecule has 0 bridgehead atoms. The monoisotopic (exact) mass is 319 g/mol. The lowest BCUT2D eigenvalue weighted by Gasteiger charge is -2.26. The Morgan fingerprint density at radius 2 is 1.91 bits per heavy atom. The number of hydrogen-bond donors (Lipinski definition) is 1. The predicted octanol–water partition coefficient (Wildman–Crippen LogP) is 0.484. The number of nitrogens with zero attached hydrogens (tertiary/aromatic N) is 2. The van der Waals surface area contributed by atoms with Gasteiger partial charge in [-0.3, -0.25) is 14.5 Å². The van der Waals surface area contributed by atoms with Gasteiger partial charge in [0, 0.05) is 33.2 Å². The first-order valence-corrected chi connectivity index (χ1v) is 8.04. The molecule has 0 atom stereocenters. The minimum Gasteiger partial charge on any atom is -0.379 e. The average molecular weight is 319 g/mol. The van der Waals surface area contributed by atoms with Gasteiger partial charge >= 0.3 is 11.8 Å². The van der Waals surface area contributed by atoms with Crippen LogP contribution in [0, 0.1) is 0 Å². The number of morpholine rings is 1. The van der Waals surface area contributed by atoms with E-state index in [4.69, 9.17) is 4.74 Å². The van der Waals surface area contributed by atoms with E-state index in [1.807, 2.05) is 30.3 Å². The van der Waals surface area contributed by atoms with Gasteiger partial charge in [0.25, 0.3) is 0 Å². The van der Waals surface area contributed by atoms with Crippen LogP contribution in [0.3, 0.4) is 0 Å². The van der Waals surface area contributed by atoms with E-state index < -0.39 is 11.8 Å². The van der Waals surface area contributed by atoms with Gasteiger partial charge in [-0.25, -0.2) is 0 Å². The van der Waals surface area contributed by atoms with E-state index in [-0.39, 0.29) is 0 Å². The number of carbonyl (C=O) groups excluding carboxylic acids is 2. The van der Waals surface area contributed by atoms with E-state index in [0.29, 0.717) is 13.1 Å². The van der Waals surface area contributed by atoms with Gasteiger partial charge in [0.15, 0.2) is 0 Å². The van der Waals surface area contributed by atoms with Crippen molar-refractivity contribution in [2.75, 3.05) is 46.4 Å². The summed E-state index contributed by atoms with van der Waals surface area (Å²) in [5, 5.41) is 2.70. The fraction of sp³-hybridized carbons (Fsp3) is 0.529. The molecule has 1 aliphatic heterocycles. The molecule has 1 aliphatic rings. The Morgan fingerprint density at radius 3 is 2.61 bits per heavy atom. The molecule has 6 nitrogen and oxygen atoms in total. The highest BCUT2D eigenvalue weighted by atomic mass is 16.5. The summed E-state index contributed by atoms with van der Waals surface area (Å²) < 4.78 is 5.29. The summed E-state index contributed by atoms with van der Waals surface area (Å²) in [5.41, 5.74) is 1.00. The fourth-order valence-electron chi connectivity index (χ4n) is 2.51. The summed E-state index contributed by atoms with van der Waals surface area (Å²) in [7, 11) is 1.64. The zero-order chi connectivity index (χ0) is 16.5. The minimum absolute atomic E-state index is 0.431. The van der Waals surface area contributed by atoms with Crippen LogP contribution in [-0.2, 0) is 20.9 Å². The minimum atomic E-state index is -0.537. The van der Waals surface area contributed by atoms with E-state index in [9.17, 15) is 9.59 Å². The third-order valence-corrected chi connectivity index (χ3v) is 3.84. The van der Waals surface area contributed by atoms with Crippen LogP contribution >= 0.6 is 0 Å². The standard InChI is InChI=1S/C17H25N3O3/c1-19(14-15-6-3-2-4-7-15)17(22)16(21)18-8-5-9-20-10-12-23-13-11-20/h2-4,6-7H,5,8-14H2,1H3,(H,18,21). The van der Waals surface area contributed by atoms with Crippen LogP contribution in [0.5, 0.6) is 0 Å². The van der Waals surface area contributed by atoms with Gasteiger partial charge in [0.05, 0.1) is 13.2 Å². The van der Waals surface area contributed by atoms with Crippen molar-refractivity contribution in [2.45, 2.75) is 13.0 Å². The Morgan fingerprint density at radius 1 is 1.22 bits per heavy atom. The van der Waals surface area contributed by atoms with Crippen molar-refractivity contribution >= 4 is 11.8 Å². The van der Waals surface area contributed by atoms with Crippen molar-refractivity contribution in [3.05, 3.63) is 35.9 Å². The lowest BCUT2D eigenvalue weighted by Crippen LogP contribution is -2.42. The van der Waals surface area contributed by atoms with Crippen LogP contribution in [0.1, 0.15) is 12.0 Å². The largest absolute Gasteiger partial charge is 0.379 e. The quantitative estimate of drug-likeness (QED) is 0.612. The lowest BCUT2D eigenvalue weighted by molar-refractivity contribution is -0.145. The van der Waals surface area contributed by atoms with E-state index >= 15 is 0 Å². The van der Waals surface area contributed by atoms with Gasteiger partial charge in [-0.15, -0.1) is 0 Å². The summed E-state index contributed by atoms with van der Waals surface area (Å²) in [6.45, 7) is 5.28. The van der Waals surface area contributed by atoms with Crippen LogP contribution in [0.25, 0.3) is 0 Å². The average Bonchev–Trinajstić information content (AvgIpc) is 2.59. The van der Waals surface area contributed by atoms with Crippen molar-refractivity contribution < 1.29 is 14.3 Å². The molecule has 0 saturated carbocycles. The molecular weight excluding hydrogens is 294 g/mol. The molecule has 1 saturated heterocycles. The molecule has 1 aromatic rings. The molecule has 6 heteroatoms. The van der Waals surface area contributed by atoms with Gasteiger partial charge < -0.3 is 15.0 Å². The molecule has 0 radical (unpaired) electrons. The van der Waals surface area contributed by atoms with Gasteiger partial charge in [0.1, 0.15) is 0 Å². The van der Waals surface area contributed by atoms with E-state index in [1.54, 1.807) is 7.05 Å². The molecule has 0 aliphatic carbocycles. The normalized spacial score (nSPS) is 15.2. The van der Waals surface area contributed by atoms with Crippen molar-refractivity contribution in [2.24, 2.45) is 0 Å². The van der Waals surface area contributed by atoms with Crippen LogP contribution in [0.4, 0.5) is 0 Å². The number of hydrogen-bond acceptors (Lipinski definition) is 4. The summed E-state index contributed by atoms with van der Waals surface area (Å²) in [5.74, 6) is -1.04.